The number of thiol groups is 1. The van der Waals surface area contributed by atoms with Crippen LogP contribution in [-0.2, 0) is 0 Å². The largest absolute Gasteiger partial charge is 0.422 e. The molecule has 166 valence electrons. The second-order valence-corrected chi connectivity index (χ2v) is 7.73. The number of nitrogens with one attached hydrogen (secondary N) is 1. The van der Waals surface area contributed by atoms with Crippen LogP contribution in [0.1, 0.15) is 29.0 Å². The summed E-state index contributed by atoms with van der Waals surface area (Å²) in [6.07, 6.45) is 1.62. The molecule has 8 heteroatoms. The number of amides is 2. The highest BCUT2D eigenvalue weighted by molar-refractivity contribution is 7.82. The van der Waals surface area contributed by atoms with Gasteiger partial charge >= 0.3 is 12.0 Å². The Morgan fingerprint density at radius 2 is 1.67 bits per heavy atom. The van der Waals surface area contributed by atoms with Crippen LogP contribution in [0, 0.1) is 5.82 Å². The molecule has 0 spiro atoms. The summed E-state index contributed by atoms with van der Waals surface area (Å²) in [4.78, 5) is 29.1. The Bertz CT molecular complexity index is 1300. The van der Waals surface area contributed by atoms with Crippen molar-refractivity contribution >= 4 is 41.3 Å². The lowest BCUT2D eigenvalue weighted by atomic mass is 10.1. The van der Waals surface area contributed by atoms with Crippen molar-refractivity contribution in [2.75, 3.05) is 4.31 Å². The summed E-state index contributed by atoms with van der Waals surface area (Å²) in [5.41, 5.74) is 1.43. The minimum absolute atomic E-state index is 0.197. The van der Waals surface area contributed by atoms with Gasteiger partial charge in [0.25, 0.3) is 0 Å². The maximum Gasteiger partial charge on any atom is 0.362 e. The second-order valence-electron chi connectivity index (χ2n) is 7.33. The van der Waals surface area contributed by atoms with E-state index in [-0.39, 0.29) is 17.6 Å². The smallest absolute Gasteiger partial charge is 0.362 e. The molecule has 1 heterocycles. The number of carbonyl (C=O) groups excluding carboxylic acids is 2. The minimum atomic E-state index is -0.581. The number of esters is 1. The van der Waals surface area contributed by atoms with Crippen molar-refractivity contribution in [1.29, 1.82) is 0 Å². The maximum atomic E-state index is 13.1. The third kappa shape index (κ3) is 5.30. The van der Waals surface area contributed by atoms with Gasteiger partial charge in [0.2, 0.25) is 0 Å². The first kappa shape index (κ1) is 22.3. The molecule has 0 aliphatic carbocycles. The molecule has 0 saturated carbocycles. The van der Waals surface area contributed by atoms with Crippen LogP contribution in [0.3, 0.4) is 0 Å². The molecule has 3 aromatic carbocycles. The number of hydrogen-bond acceptors (Lipinski definition) is 5. The standard InChI is InChI=1S/C25H20FN3O3S/c1-16(17-6-8-20(26)9-7-17)28-25(31)29(33)21-10-12-22(13-11-21)32-24(30)23-14-18-4-2-3-5-19(18)15-27-23/h2-16,33H,1H3,(H,28,31). The summed E-state index contributed by atoms with van der Waals surface area (Å²) in [5.74, 6) is -0.618. The number of fused-ring (bicyclic) bond motifs is 1. The average molecular weight is 462 g/mol. The van der Waals surface area contributed by atoms with E-state index in [0.717, 1.165) is 20.6 Å². The van der Waals surface area contributed by atoms with Crippen molar-refractivity contribution in [3.63, 3.8) is 0 Å². The van der Waals surface area contributed by atoms with Crippen molar-refractivity contribution in [2.45, 2.75) is 13.0 Å². The first-order chi connectivity index (χ1) is 15.9. The molecule has 1 N–H and O–H groups in total. The number of halogens is 1. The van der Waals surface area contributed by atoms with Gasteiger partial charge in [-0.15, -0.1) is 0 Å². The van der Waals surface area contributed by atoms with E-state index in [1.54, 1.807) is 55.6 Å². The summed E-state index contributed by atoms with van der Waals surface area (Å²) in [7, 11) is 0. The van der Waals surface area contributed by atoms with Crippen LogP contribution >= 0.6 is 12.8 Å². The van der Waals surface area contributed by atoms with E-state index in [1.807, 2.05) is 24.3 Å². The summed E-state index contributed by atoms with van der Waals surface area (Å²) >= 11 is 4.26. The zero-order chi connectivity index (χ0) is 23.4. The van der Waals surface area contributed by atoms with Crippen LogP contribution in [0.2, 0.25) is 0 Å². The molecule has 1 unspecified atom stereocenters. The van der Waals surface area contributed by atoms with Crippen LogP contribution in [0.25, 0.3) is 10.8 Å². The fourth-order valence-corrected chi connectivity index (χ4v) is 3.40. The lowest BCUT2D eigenvalue weighted by molar-refractivity contribution is 0.0729. The number of rotatable bonds is 5. The van der Waals surface area contributed by atoms with Gasteiger partial charge in [0.15, 0.2) is 0 Å². The quantitative estimate of drug-likeness (QED) is 0.227. The number of benzene rings is 3. The van der Waals surface area contributed by atoms with Crippen LogP contribution in [0.4, 0.5) is 14.9 Å². The summed E-state index contributed by atoms with van der Waals surface area (Å²) in [5, 5.41) is 4.61. The van der Waals surface area contributed by atoms with Crippen molar-refractivity contribution in [2.24, 2.45) is 0 Å². The van der Waals surface area contributed by atoms with Gasteiger partial charge in [-0.3, -0.25) is 0 Å². The van der Waals surface area contributed by atoms with Crippen molar-refractivity contribution in [3.8, 4) is 5.75 Å². The minimum Gasteiger partial charge on any atom is -0.422 e. The SMILES string of the molecule is CC(NC(=O)N(S)c1ccc(OC(=O)c2cc3ccccc3cn2)cc1)c1ccc(F)cc1. The third-order valence-electron chi connectivity index (χ3n) is 5.03. The third-order valence-corrected chi connectivity index (χ3v) is 5.45. The number of ether oxygens (including phenoxy) is 1. The molecule has 2 amide bonds. The number of anilines is 1. The van der Waals surface area contributed by atoms with Gasteiger partial charge in [-0.05, 0) is 60.3 Å². The van der Waals surface area contributed by atoms with E-state index in [4.69, 9.17) is 4.74 Å². The van der Waals surface area contributed by atoms with Gasteiger partial charge < -0.3 is 10.1 Å². The lowest BCUT2D eigenvalue weighted by Crippen LogP contribution is -2.35. The number of nitrogens with zero attached hydrogens (tertiary/aromatic N) is 2. The molecule has 1 atom stereocenters. The molecular weight excluding hydrogens is 441 g/mol. The average Bonchev–Trinajstić information content (AvgIpc) is 2.84. The molecule has 4 aromatic rings. The van der Waals surface area contributed by atoms with Crippen LogP contribution < -0.4 is 14.4 Å². The lowest BCUT2D eigenvalue weighted by Gasteiger charge is -2.20. The topological polar surface area (TPSA) is 71.5 Å². The maximum absolute atomic E-state index is 13.1. The fraction of sp³-hybridized carbons (Fsp3) is 0.0800. The van der Waals surface area contributed by atoms with Gasteiger partial charge in [0, 0.05) is 11.6 Å². The summed E-state index contributed by atoms with van der Waals surface area (Å²) in [6.45, 7) is 1.79. The number of urea groups is 1. The van der Waals surface area contributed by atoms with Crippen LogP contribution in [0.5, 0.6) is 5.75 Å². The Balaban J connectivity index is 1.38. The highest BCUT2D eigenvalue weighted by atomic mass is 32.1. The van der Waals surface area contributed by atoms with Crippen molar-refractivity contribution in [3.05, 3.63) is 102 Å². The van der Waals surface area contributed by atoms with Gasteiger partial charge in [-0.2, -0.15) is 0 Å². The van der Waals surface area contributed by atoms with Crippen LogP contribution in [0.15, 0.2) is 85.1 Å². The molecular formula is C25H20FN3O3S. The first-order valence-corrected chi connectivity index (χ1v) is 10.5. The van der Waals surface area contributed by atoms with E-state index in [0.29, 0.717) is 11.4 Å². The van der Waals surface area contributed by atoms with E-state index in [2.05, 4.69) is 23.1 Å². The van der Waals surface area contributed by atoms with E-state index >= 15 is 0 Å². The van der Waals surface area contributed by atoms with E-state index < -0.39 is 12.0 Å². The number of pyridine rings is 1. The van der Waals surface area contributed by atoms with E-state index in [9.17, 15) is 14.0 Å². The molecule has 0 radical (unpaired) electrons. The van der Waals surface area contributed by atoms with Crippen molar-refractivity contribution < 1.29 is 18.7 Å². The van der Waals surface area contributed by atoms with Gasteiger partial charge in [0.05, 0.1) is 11.7 Å². The molecule has 33 heavy (non-hydrogen) atoms. The molecule has 0 aliphatic rings. The Hall–Kier alpha value is -3.91. The summed E-state index contributed by atoms with van der Waals surface area (Å²) < 4.78 is 19.6. The zero-order valence-corrected chi connectivity index (χ0v) is 18.5. The molecule has 0 aliphatic heterocycles. The van der Waals surface area contributed by atoms with Crippen molar-refractivity contribution in [1.82, 2.24) is 10.3 Å². The molecule has 6 nitrogen and oxygen atoms in total. The Morgan fingerprint density at radius 1 is 1.00 bits per heavy atom. The summed E-state index contributed by atoms with van der Waals surface area (Å²) in [6, 6.07) is 20.7. The second kappa shape index (κ2) is 9.70. The number of aromatic nitrogens is 1. The van der Waals surface area contributed by atoms with Gasteiger partial charge in [-0.1, -0.05) is 49.2 Å². The molecule has 0 bridgehead atoms. The van der Waals surface area contributed by atoms with E-state index in [1.165, 1.54) is 12.1 Å². The Morgan fingerprint density at radius 3 is 2.36 bits per heavy atom. The normalized spacial score (nSPS) is 11.6. The van der Waals surface area contributed by atoms with Crippen LogP contribution in [-0.4, -0.2) is 17.0 Å². The molecule has 1 aromatic heterocycles. The van der Waals surface area contributed by atoms with Gasteiger partial charge in [-0.25, -0.2) is 23.3 Å². The highest BCUT2D eigenvalue weighted by Crippen LogP contribution is 2.23. The molecule has 0 fully saturated rings. The number of carbonyl (C=O) groups is 2. The highest BCUT2D eigenvalue weighted by Gasteiger charge is 2.17. The predicted molar refractivity (Wildman–Crippen MR) is 128 cm³/mol. The fourth-order valence-electron chi connectivity index (χ4n) is 3.21. The van der Waals surface area contributed by atoms with Gasteiger partial charge in [0.1, 0.15) is 17.3 Å². The zero-order valence-electron chi connectivity index (χ0n) is 17.6. The number of hydrogen-bond donors (Lipinski definition) is 2. The first-order valence-electron chi connectivity index (χ1n) is 10.1. The monoisotopic (exact) mass is 461 g/mol. The molecule has 4 rings (SSSR count). The Kier molecular flexibility index (Phi) is 6.55. The predicted octanol–water partition coefficient (Wildman–Crippen LogP) is 5.72. The molecule has 0 saturated heterocycles. The Labute approximate surface area is 195 Å².